The highest BCUT2D eigenvalue weighted by molar-refractivity contribution is 5.78. The van der Waals surface area contributed by atoms with Gasteiger partial charge in [0.1, 0.15) is 29.5 Å². The summed E-state index contributed by atoms with van der Waals surface area (Å²) in [5.74, 6) is -0.0337. The van der Waals surface area contributed by atoms with Crippen molar-refractivity contribution in [2.24, 2.45) is 11.7 Å². The lowest BCUT2D eigenvalue weighted by atomic mass is 9.55. The summed E-state index contributed by atoms with van der Waals surface area (Å²) in [4.78, 5) is 24.2. The summed E-state index contributed by atoms with van der Waals surface area (Å²) >= 11 is 0. The molecule has 3 saturated carbocycles. The van der Waals surface area contributed by atoms with Gasteiger partial charge < -0.3 is 35.3 Å². The van der Waals surface area contributed by atoms with Gasteiger partial charge in [0.05, 0.1) is 18.6 Å². The minimum atomic E-state index is -0.396. The Bertz CT molecular complexity index is 823. The summed E-state index contributed by atoms with van der Waals surface area (Å²) in [5, 5.41) is 5.94. The first-order valence-electron chi connectivity index (χ1n) is 12.3. The smallest absolute Gasteiger partial charge is 0.407 e. The highest BCUT2D eigenvalue weighted by Crippen LogP contribution is 2.77. The summed E-state index contributed by atoms with van der Waals surface area (Å²) < 4.78 is 24.2. The third-order valence-electron chi connectivity index (χ3n) is 8.32. The molecule has 9 heteroatoms. The lowest BCUT2D eigenvalue weighted by Gasteiger charge is -2.48. The summed E-state index contributed by atoms with van der Waals surface area (Å²) in [6.07, 6.45) is 7.28. The molecule has 5 unspecified atom stereocenters. The van der Waals surface area contributed by atoms with E-state index in [1.165, 1.54) is 5.57 Å². The Morgan fingerprint density at radius 1 is 1.09 bits per heavy atom. The van der Waals surface area contributed by atoms with Crippen molar-refractivity contribution in [1.29, 1.82) is 0 Å². The minimum Gasteiger partial charge on any atom is -0.443 e. The molecule has 2 spiro atoms. The summed E-state index contributed by atoms with van der Waals surface area (Å²) in [5.41, 5.74) is 6.22. The Hall–Kier alpha value is -1.68. The third kappa shape index (κ3) is 3.87. The van der Waals surface area contributed by atoms with Gasteiger partial charge in [-0.25, -0.2) is 4.79 Å². The maximum absolute atomic E-state index is 12.7. The summed E-state index contributed by atoms with van der Waals surface area (Å²) in [6, 6.07) is 0.174. The number of hydrogen-bond acceptors (Lipinski definition) is 7. The number of carbonyl (C=O) groups excluding carboxylic acids is 2. The molecule has 0 aromatic heterocycles. The van der Waals surface area contributed by atoms with Crippen molar-refractivity contribution in [3.05, 3.63) is 11.6 Å². The van der Waals surface area contributed by atoms with Crippen molar-refractivity contribution in [2.75, 3.05) is 13.7 Å². The van der Waals surface area contributed by atoms with Crippen molar-refractivity contribution in [3.63, 3.8) is 0 Å². The number of hydrogen-bond donors (Lipinski definition) is 3. The van der Waals surface area contributed by atoms with Crippen molar-refractivity contribution in [1.82, 2.24) is 10.6 Å². The van der Waals surface area contributed by atoms with E-state index in [2.05, 4.69) is 30.6 Å². The molecule has 0 bridgehead atoms. The van der Waals surface area contributed by atoms with Gasteiger partial charge in [0.25, 0.3) is 0 Å². The Morgan fingerprint density at radius 3 is 2.42 bits per heavy atom. The van der Waals surface area contributed by atoms with Gasteiger partial charge in [-0.1, -0.05) is 11.6 Å². The lowest BCUT2D eigenvalue weighted by molar-refractivity contribution is -0.133. The van der Waals surface area contributed by atoms with Crippen LogP contribution in [0, 0.1) is 5.92 Å². The topological polar surface area (TPSA) is 128 Å². The number of methoxy groups -OCH3 is 1. The Kier molecular flexibility index (Phi) is 5.96. The van der Waals surface area contributed by atoms with E-state index >= 15 is 0 Å². The van der Waals surface area contributed by atoms with Crippen LogP contribution in [-0.4, -0.2) is 73.4 Å². The number of alkyl carbamates (subject to hydrolysis) is 1. The SMILES string of the molecule is COC1C(OC(=O)N[C@H]2CC[C@@H](NC(=O)CN)CC2)CC[C@]23OC2C2(O[C@@H]2CC=C(C)C)C13. The highest BCUT2D eigenvalue weighted by atomic mass is 16.7. The first kappa shape index (κ1) is 23.1. The van der Waals surface area contributed by atoms with Crippen LogP contribution in [0.15, 0.2) is 11.6 Å². The fraction of sp³-hybridized carbons (Fsp3) is 0.833. The van der Waals surface area contributed by atoms with Crippen LogP contribution in [0.4, 0.5) is 4.79 Å². The molecular formula is C24H37N3O6. The van der Waals surface area contributed by atoms with Gasteiger partial charge in [0.2, 0.25) is 5.91 Å². The number of epoxide rings is 2. The quantitative estimate of drug-likeness (QED) is 0.386. The van der Waals surface area contributed by atoms with Crippen LogP contribution >= 0.6 is 0 Å². The van der Waals surface area contributed by atoms with Crippen LogP contribution in [0.1, 0.15) is 58.8 Å². The maximum atomic E-state index is 12.7. The molecule has 2 aliphatic heterocycles. The molecular weight excluding hydrogens is 426 g/mol. The van der Waals surface area contributed by atoms with E-state index in [0.29, 0.717) is 0 Å². The molecule has 33 heavy (non-hydrogen) atoms. The Morgan fingerprint density at radius 2 is 1.79 bits per heavy atom. The molecule has 4 N–H and O–H groups in total. The zero-order chi connectivity index (χ0) is 23.4. The predicted octanol–water partition coefficient (Wildman–Crippen LogP) is 1.54. The van der Waals surface area contributed by atoms with Crippen molar-refractivity contribution >= 4 is 12.0 Å². The molecule has 3 aliphatic carbocycles. The molecule has 2 saturated heterocycles. The molecule has 5 aliphatic rings. The van der Waals surface area contributed by atoms with Gasteiger partial charge in [-0.3, -0.25) is 4.79 Å². The lowest BCUT2D eigenvalue weighted by Crippen LogP contribution is -2.66. The number of amides is 2. The van der Waals surface area contributed by atoms with Crippen molar-refractivity contribution in [3.8, 4) is 0 Å². The van der Waals surface area contributed by atoms with Gasteiger partial charge in [0, 0.05) is 19.2 Å². The second kappa shape index (κ2) is 8.52. The number of nitrogens with one attached hydrogen (secondary N) is 2. The van der Waals surface area contributed by atoms with Gasteiger partial charge in [-0.15, -0.1) is 0 Å². The highest BCUT2D eigenvalue weighted by Gasteiger charge is 2.94. The fourth-order valence-electron chi connectivity index (χ4n) is 6.68. The van der Waals surface area contributed by atoms with Crippen LogP contribution in [0.5, 0.6) is 0 Å². The molecule has 0 aromatic carbocycles. The van der Waals surface area contributed by atoms with Crippen LogP contribution in [0.3, 0.4) is 0 Å². The van der Waals surface area contributed by atoms with Crippen LogP contribution in [0.2, 0.25) is 0 Å². The van der Waals surface area contributed by atoms with E-state index < -0.39 is 6.09 Å². The monoisotopic (exact) mass is 463 g/mol. The molecule has 184 valence electrons. The number of nitrogens with two attached hydrogens (primary N) is 1. The number of allylic oxidation sites excluding steroid dienone is 1. The number of fused-ring (bicyclic) bond motifs is 2. The van der Waals surface area contributed by atoms with Gasteiger partial charge in [-0.2, -0.15) is 0 Å². The van der Waals surface area contributed by atoms with E-state index in [-0.39, 0.29) is 66.1 Å². The first-order chi connectivity index (χ1) is 15.8. The number of rotatable bonds is 7. The molecule has 7 atom stereocenters. The second-order valence-electron chi connectivity index (χ2n) is 10.6. The largest absolute Gasteiger partial charge is 0.443 e. The zero-order valence-electron chi connectivity index (χ0n) is 19.8. The normalized spacial score (nSPS) is 44.5. The molecule has 5 fully saturated rings. The van der Waals surface area contributed by atoms with Gasteiger partial charge in [0.15, 0.2) is 0 Å². The number of carbonyl (C=O) groups is 2. The summed E-state index contributed by atoms with van der Waals surface area (Å²) in [7, 11) is 1.69. The third-order valence-corrected chi connectivity index (χ3v) is 8.32. The molecule has 9 nitrogen and oxygen atoms in total. The van der Waals surface area contributed by atoms with E-state index in [1.54, 1.807) is 7.11 Å². The van der Waals surface area contributed by atoms with E-state index in [4.69, 9.17) is 24.7 Å². The molecule has 0 aromatic rings. The Labute approximate surface area is 195 Å². The average Bonchev–Trinajstić information content (AvgIpc) is 3.67. The summed E-state index contributed by atoms with van der Waals surface area (Å²) in [6.45, 7) is 4.19. The van der Waals surface area contributed by atoms with Crippen LogP contribution < -0.4 is 16.4 Å². The maximum Gasteiger partial charge on any atom is 0.407 e. The predicted molar refractivity (Wildman–Crippen MR) is 119 cm³/mol. The molecule has 5 rings (SSSR count). The second-order valence-corrected chi connectivity index (χ2v) is 10.6. The fourth-order valence-corrected chi connectivity index (χ4v) is 6.68. The van der Waals surface area contributed by atoms with Crippen molar-refractivity contribution < 1.29 is 28.5 Å². The van der Waals surface area contributed by atoms with E-state index in [0.717, 1.165) is 44.9 Å². The molecule has 2 amide bonds. The minimum absolute atomic E-state index is 0.00262. The standard InChI is InChI=1S/C24H37N3O6/c1-13(2)4-9-17-24(32-17)20-19(30-3)16(10-11-23(20)21(24)33-23)31-22(29)27-15-7-5-14(6-8-15)26-18(28)12-25/h4,14-17,19-21H,5-12,25H2,1-3H3,(H,26,28)(H,27,29)/t14-,15+,16?,17-,19?,20?,21?,23-,24?/m1/s1. The average molecular weight is 464 g/mol. The van der Waals surface area contributed by atoms with Crippen LogP contribution in [-0.2, 0) is 23.7 Å². The van der Waals surface area contributed by atoms with Crippen LogP contribution in [0.25, 0.3) is 0 Å². The van der Waals surface area contributed by atoms with Crippen molar-refractivity contribution in [2.45, 2.75) is 106 Å². The zero-order valence-corrected chi connectivity index (χ0v) is 19.8. The number of ether oxygens (including phenoxy) is 4. The van der Waals surface area contributed by atoms with Gasteiger partial charge in [-0.05, 0) is 58.8 Å². The van der Waals surface area contributed by atoms with E-state index in [1.807, 2.05) is 0 Å². The Balaban J connectivity index is 1.14. The first-order valence-corrected chi connectivity index (χ1v) is 12.3. The van der Waals surface area contributed by atoms with Gasteiger partial charge >= 0.3 is 6.09 Å². The molecule has 0 radical (unpaired) electrons. The van der Waals surface area contributed by atoms with E-state index in [9.17, 15) is 9.59 Å². The molecule has 2 heterocycles.